The van der Waals surface area contributed by atoms with Gasteiger partial charge in [-0.05, 0) is 36.6 Å². The fourth-order valence-corrected chi connectivity index (χ4v) is 2.54. The maximum Gasteiger partial charge on any atom is 0.262 e. The van der Waals surface area contributed by atoms with Gasteiger partial charge in [0, 0.05) is 6.04 Å². The van der Waals surface area contributed by atoms with Crippen molar-refractivity contribution in [3.63, 3.8) is 0 Å². The van der Waals surface area contributed by atoms with Gasteiger partial charge in [0.2, 0.25) is 0 Å². The van der Waals surface area contributed by atoms with Crippen molar-refractivity contribution >= 4 is 11.6 Å². The summed E-state index contributed by atoms with van der Waals surface area (Å²) >= 11 is 0. The third-order valence-electron chi connectivity index (χ3n) is 3.60. The number of carbonyl (C=O) groups is 1. The van der Waals surface area contributed by atoms with Crippen molar-refractivity contribution in [1.29, 1.82) is 0 Å². The van der Waals surface area contributed by atoms with Gasteiger partial charge < -0.3 is 15.8 Å². The molecule has 1 aliphatic rings. The van der Waals surface area contributed by atoms with E-state index < -0.39 is 0 Å². The molecule has 3 rings (SSSR count). The molecule has 0 saturated carbocycles. The topological polar surface area (TPSA) is 64.3 Å². The van der Waals surface area contributed by atoms with Gasteiger partial charge in [-0.15, -0.1) is 0 Å². The van der Waals surface area contributed by atoms with Gasteiger partial charge in [0.1, 0.15) is 5.75 Å². The molecule has 4 heteroatoms. The minimum Gasteiger partial charge on any atom is -0.482 e. The van der Waals surface area contributed by atoms with E-state index in [4.69, 9.17) is 10.5 Å². The highest BCUT2D eigenvalue weighted by molar-refractivity contribution is 5.95. The molecule has 1 aliphatic heterocycles. The first kappa shape index (κ1) is 13.6. The van der Waals surface area contributed by atoms with Crippen LogP contribution >= 0.6 is 0 Å². The van der Waals surface area contributed by atoms with E-state index in [1.54, 1.807) is 0 Å². The molecule has 0 saturated heterocycles. The van der Waals surface area contributed by atoms with Crippen molar-refractivity contribution in [2.24, 2.45) is 5.73 Å². The van der Waals surface area contributed by atoms with Crippen LogP contribution in [0.15, 0.2) is 42.5 Å². The van der Waals surface area contributed by atoms with Crippen molar-refractivity contribution in [3.05, 3.63) is 59.2 Å². The SMILES string of the molecule is Cc1cccc(CC(N)c2ccc3c(c2)NC(=O)CO3)c1. The fourth-order valence-electron chi connectivity index (χ4n) is 2.54. The van der Waals surface area contributed by atoms with Crippen LogP contribution in [0, 0.1) is 6.92 Å². The Morgan fingerprint density at radius 3 is 2.95 bits per heavy atom. The molecule has 1 heterocycles. The quantitative estimate of drug-likeness (QED) is 0.909. The average molecular weight is 282 g/mol. The Kier molecular flexibility index (Phi) is 3.62. The van der Waals surface area contributed by atoms with E-state index in [0.717, 1.165) is 12.0 Å². The molecule has 0 fully saturated rings. The highest BCUT2D eigenvalue weighted by atomic mass is 16.5. The van der Waals surface area contributed by atoms with Crippen molar-refractivity contribution in [1.82, 2.24) is 0 Å². The molecule has 2 aromatic rings. The average Bonchev–Trinajstić information content (AvgIpc) is 2.46. The largest absolute Gasteiger partial charge is 0.482 e. The predicted molar refractivity (Wildman–Crippen MR) is 82.4 cm³/mol. The first-order chi connectivity index (χ1) is 10.1. The second-order valence-electron chi connectivity index (χ2n) is 5.39. The van der Waals surface area contributed by atoms with Crippen LogP contribution < -0.4 is 15.8 Å². The van der Waals surface area contributed by atoms with Gasteiger partial charge in [0.25, 0.3) is 5.91 Å². The Balaban J connectivity index is 1.80. The first-order valence-electron chi connectivity index (χ1n) is 6.99. The maximum absolute atomic E-state index is 11.4. The number of aryl methyl sites for hydroxylation is 1. The smallest absolute Gasteiger partial charge is 0.262 e. The number of benzene rings is 2. The number of carbonyl (C=O) groups excluding carboxylic acids is 1. The van der Waals surface area contributed by atoms with Gasteiger partial charge in [-0.2, -0.15) is 0 Å². The van der Waals surface area contributed by atoms with Gasteiger partial charge in [-0.3, -0.25) is 4.79 Å². The normalized spacial score (nSPS) is 14.9. The monoisotopic (exact) mass is 282 g/mol. The van der Waals surface area contributed by atoms with E-state index in [1.165, 1.54) is 11.1 Å². The standard InChI is InChI=1S/C17H18N2O2/c1-11-3-2-4-12(7-11)8-14(18)13-5-6-16-15(9-13)19-17(20)10-21-16/h2-7,9,14H,8,10,18H2,1H3,(H,19,20). The summed E-state index contributed by atoms with van der Waals surface area (Å²) in [6, 6.07) is 13.9. The third kappa shape index (κ3) is 3.06. The molecule has 0 bridgehead atoms. The number of anilines is 1. The zero-order valence-corrected chi connectivity index (χ0v) is 11.9. The number of fused-ring (bicyclic) bond motifs is 1. The minimum atomic E-state index is -0.132. The van der Waals surface area contributed by atoms with E-state index in [2.05, 4.69) is 30.4 Å². The lowest BCUT2D eigenvalue weighted by Crippen LogP contribution is -2.25. The minimum absolute atomic E-state index is 0.0711. The summed E-state index contributed by atoms with van der Waals surface area (Å²) in [5.41, 5.74) is 10.4. The second-order valence-corrected chi connectivity index (χ2v) is 5.39. The summed E-state index contributed by atoms with van der Waals surface area (Å²) < 4.78 is 5.35. The van der Waals surface area contributed by atoms with Gasteiger partial charge in [-0.25, -0.2) is 0 Å². The first-order valence-corrected chi connectivity index (χ1v) is 6.99. The van der Waals surface area contributed by atoms with Gasteiger partial charge in [-0.1, -0.05) is 35.9 Å². The van der Waals surface area contributed by atoms with Crippen LogP contribution in [0.25, 0.3) is 0 Å². The molecule has 0 spiro atoms. The molecule has 1 atom stereocenters. The van der Waals surface area contributed by atoms with Crippen LogP contribution in [0.2, 0.25) is 0 Å². The zero-order chi connectivity index (χ0) is 14.8. The number of amides is 1. The summed E-state index contributed by atoms with van der Waals surface area (Å²) in [5, 5.41) is 2.81. The lowest BCUT2D eigenvalue weighted by Gasteiger charge is -2.20. The zero-order valence-electron chi connectivity index (χ0n) is 11.9. The summed E-state index contributed by atoms with van der Waals surface area (Å²) in [6.07, 6.45) is 0.759. The molecule has 1 unspecified atom stereocenters. The molecule has 108 valence electrons. The van der Waals surface area contributed by atoms with Crippen LogP contribution in [0.1, 0.15) is 22.7 Å². The predicted octanol–water partition coefficient (Wildman–Crippen LogP) is 2.57. The Bertz CT molecular complexity index is 682. The lowest BCUT2D eigenvalue weighted by atomic mass is 9.98. The molecule has 3 N–H and O–H groups in total. The molecule has 2 aromatic carbocycles. The van der Waals surface area contributed by atoms with E-state index in [0.29, 0.717) is 11.4 Å². The molecular formula is C17H18N2O2. The van der Waals surface area contributed by atoms with Gasteiger partial charge in [0.15, 0.2) is 6.61 Å². The molecule has 1 amide bonds. The summed E-state index contributed by atoms with van der Waals surface area (Å²) in [7, 11) is 0. The van der Waals surface area contributed by atoms with Crippen LogP contribution in [-0.2, 0) is 11.2 Å². The number of hydrogen-bond donors (Lipinski definition) is 2. The number of nitrogens with two attached hydrogens (primary N) is 1. The highest BCUT2D eigenvalue weighted by Gasteiger charge is 2.17. The number of ether oxygens (including phenoxy) is 1. The molecule has 0 aromatic heterocycles. The van der Waals surface area contributed by atoms with Crippen LogP contribution in [0.4, 0.5) is 5.69 Å². The van der Waals surface area contributed by atoms with E-state index in [-0.39, 0.29) is 18.6 Å². The Morgan fingerprint density at radius 2 is 2.14 bits per heavy atom. The van der Waals surface area contributed by atoms with Crippen molar-refractivity contribution in [3.8, 4) is 5.75 Å². The van der Waals surface area contributed by atoms with Crippen LogP contribution in [0.3, 0.4) is 0 Å². The van der Waals surface area contributed by atoms with E-state index in [1.807, 2.05) is 24.3 Å². The number of rotatable bonds is 3. The van der Waals surface area contributed by atoms with Crippen LogP contribution in [0.5, 0.6) is 5.75 Å². The highest BCUT2D eigenvalue weighted by Crippen LogP contribution is 2.30. The second kappa shape index (κ2) is 5.58. The molecule has 0 aliphatic carbocycles. The van der Waals surface area contributed by atoms with Crippen LogP contribution in [-0.4, -0.2) is 12.5 Å². The molecule has 21 heavy (non-hydrogen) atoms. The van der Waals surface area contributed by atoms with Crippen molar-refractivity contribution in [2.45, 2.75) is 19.4 Å². The fraction of sp³-hybridized carbons (Fsp3) is 0.235. The van der Waals surface area contributed by atoms with Gasteiger partial charge >= 0.3 is 0 Å². The van der Waals surface area contributed by atoms with Crippen molar-refractivity contribution < 1.29 is 9.53 Å². The summed E-state index contributed by atoms with van der Waals surface area (Å²) in [4.78, 5) is 11.4. The Morgan fingerprint density at radius 1 is 1.29 bits per heavy atom. The van der Waals surface area contributed by atoms with E-state index >= 15 is 0 Å². The number of hydrogen-bond acceptors (Lipinski definition) is 3. The number of nitrogens with one attached hydrogen (secondary N) is 1. The maximum atomic E-state index is 11.4. The third-order valence-corrected chi connectivity index (χ3v) is 3.60. The lowest BCUT2D eigenvalue weighted by molar-refractivity contribution is -0.118. The molecule has 0 radical (unpaired) electrons. The molecule has 4 nitrogen and oxygen atoms in total. The Labute approximate surface area is 123 Å². The van der Waals surface area contributed by atoms with Gasteiger partial charge in [0.05, 0.1) is 5.69 Å². The Hall–Kier alpha value is -2.33. The summed E-state index contributed by atoms with van der Waals surface area (Å²) in [6.45, 7) is 2.14. The molecular weight excluding hydrogens is 264 g/mol. The summed E-state index contributed by atoms with van der Waals surface area (Å²) in [5.74, 6) is 0.563. The van der Waals surface area contributed by atoms with Crippen molar-refractivity contribution in [2.75, 3.05) is 11.9 Å². The van der Waals surface area contributed by atoms with E-state index in [9.17, 15) is 4.79 Å².